The molecule has 1 aromatic carbocycles. The van der Waals surface area contributed by atoms with Crippen LogP contribution in [0.15, 0.2) is 18.2 Å². The molecular formula is C6H4AgO2. The molecule has 0 unspecified atom stereocenters. The molecule has 51 valence electrons. The number of fused-ring (bicyclic) bond motifs is 1. The van der Waals surface area contributed by atoms with Gasteiger partial charge in [0.2, 0.25) is 5.75 Å². The Morgan fingerprint density at radius 1 is 1.33 bits per heavy atom. The van der Waals surface area contributed by atoms with E-state index in [0.717, 1.165) is 5.75 Å². The Balaban J connectivity index is 0.000000405. The molecule has 9 heavy (non-hydrogen) atoms. The molecule has 0 bridgehead atoms. The summed E-state index contributed by atoms with van der Waals surface area (Å²) in [6.07, 6.45) is 0. The number of hydrogen-bond donors (Lipinski definition) is 1. The van der Waals surface area contributed by atoms with Crippen LogP contribution in [0.25, 0.3) is 0 Å². The Morgan fingerprint density at radius 3 is 2.67 bits per heavy atom. The quantitative estimate of drug-likeness (QED) is 0.534. The molecule has 2 nitrogen and oxygen atoms in total. The van der Waals surface area contributed by atoms with Gasteiger partial charge in [0, 0.05) is 22.4 Å². The fourth-order valence-corrected chi connectivity index (χ4v) is 0.675. The van der Waals surface area contributed by atoms with E-state index in [-0.39, 0.29) is 28.1 Å². The maximum absolute atomic E-state index is 8.85. The monoisotopic (exact) mass is 215 g/mol. The summed E-state index contributed by atoms with van der Waals surface area (Å²) in [6, 6.07) is 5.17. The van der Waals surface area contributed by atoms with Crippen LogP contribution < -0.4 is 4.74 Å². The first kappa shape index (κ1) is 6.68. The summed E-state index contributed by atoms with van der Waals surface area (Å²) in [5.74, 6) is 1.67. The van der Waals surface area contributed by atoms with Crippen molar-refractivity contribution in [3.05, 3.63) is 18.2 Å². The molecule has 1 aliphatic rings. The molecule has 1 aliphatic heterocycles. The molecule has 0 spiro atoms. The maximum atomic E-state index is 8.85. The van der Waals surface area contributed by atoms with Gasteiger partial charge in [0.15, 0.2) is 11.5 Å². The Morgan fingerprint density at radius 2 is 2.11 bits per heavy atom. The van der Waals surface area contributed by atoms with Crippen LogP contribution in [0.5, 0.6) is 17.2 Å². The Hall–Kier alpha value is -0.440. The van der Waals surface area contributed by atoms with E-state index in [4.69, 9.17) is 9.84 Å². The molecule has 1 N–H and O–H groups in total. The van der Waals surface area contributed by atoms with E-state index in [2.05, 4.69) is 0 Å². The first-order valence-corrected chi connectivity index (χ1v) is 2.38. The Labute approximate surface area is 68.0 Å². The van der Waals surface area contributed by atoms with Crippen molar-refractivity contribution in [2.75, 3.05) is 0 Å². The van der Waals surface area contributed by atoms with Crippen LogP contribution in [0, 0.1) is 0 Å². The third kappa shape index (κ3) is 0.965. The average molecular weight is 216 g/mol. The predicted octanol–water partition coefficient (Wildman–Crippen LogP) is 1.50. The van der Waals surface area contributed by atoms with E-state index < -0.39 is 0 Å². The second-order valence-corrected chi connectivity index (χ2v) is 1.71. The van der Waals surface area contributed by atoms with Gasteiger partial charge in [-0.25, -0.2) is 0 Å². The van der Waals surface area contributed by atoms with Crippen LogP contribution in [-0.4, -0.2) is 5.11 Å². The molecule has 0 aliphatic carbocycles. The van der Waals surface area contributed by atoms with Crippen LogP contribution in [0.2, 0.25) is 0 Å². The minimum Gasteiger partial charge on any atom is -0.504 e. The Bertz CT molecular complexity index is 234. The predicted molar refractivity (Wildman–Crippen MR) is 28.2 cm³/mol. The van der Waals surface area contributed by atoms with Crippen molar-refractivity contribution in [1.29, 1.82) is 0 Å². The number of hydrogen-bond acceptors (Lipinski definition) is 2. The van der Waals surface area contributed by atoms with E-state index in [1.807, 2.05) is 6.07 Å². The standard InChI is InChI=1S/C6H4O2.Ag/c7-4-2-1-3-5-6(4)8-5;/h1-3,7H;. The maximum Gasteiger partial charge on any atom is 0.211 e. The first-order chi connectivity index (χ1) is 3.88. The van der Waals surface area contributed by atoms with Crippen molar-refractivity contribution in [1.82, 2.24) is 0 Å². The zero-order valence-corrected chi connectivity index (χ0v) is 5.87. The summed E-state index contributed by atoms with van der Waals surface area (Å²) in [4.78, 5) is 0. The number of phenols is 1. The molecule has 0 amide bonds. The Kier molecular flexibility index (Phi) is 1.53. The SMILES string of the molecule is Oc1cccc2c1O2.[Ag]. The number of phenolic OH excluding ortho intramolecular Hbond substituents is 1. The van der Waals surface area contributed by atoms with Crippen LogP contribution in [0.3, 0.4) is 0 Å². The normalized spacial score (nSPS) is 10.7. The van der Waals surface area contributed by atoms with Crippen LogP contribution in [0.4, 0.5) is 0 Å². The fourth-order valence-electron chi connectivity index (χ4n) is 0.675. The minimum absolute atomic E-state index is 0. The third-order valence-electron chi connectivity index (χ3n) is 1.13. The number of aromatic hydroxyl groups is 1. The molecule has 0 saturated heterocycles. The number of benzene rings is 1. The van der Waals surface area contributed by atoms with Gasteiger partial charge in [0.25, 0.3) is 0 Å². The van der Waals surface area contributed by atoms with E-state index in [1.54, 1.807) is 12.1 Å². The summed E-state index contributed by atoms with van der Waals surface area (Å²) in [5.41, 5.74) is 0. The third-order valence-corrected chi connectivity index (χ3v) is 1.13. The summed E-state index contributed by atoms with van der Waals surface area (Å²) < 4.78 is 4.82. The summed E-state index contributed by atoms with van der Waals surface area (Å²) in [5, 5.41) is 8.85. The van der Waals surface area contributed by atoms with Crippen molar-refractivity contribution >= 4 is 0 Å². The van der Waals surface area contributed by atoms with Gasteiger partial charge in [-0.05, 0) is 12.1 Å². The number of para-hydroxylation sites is 1. The van der Waals surface area contributed by atoms with Crippen molar-refractivity contribution in [2.24, 2.45) is 0 Å². The van der Waals surface area contributed by atoms with Gasteiger partial charge < -0.3 is 9.84 Å². The fraction of sp³-hybridized carbons (Fsp3) is 0. The second kappa shape index (κ2) is 2.06. The molecular weight excluding hydrogens is 212 g/mol. The molecule has 0 aromatic heterocycles. The molecule has 1 heterocycles. The van der Waals surface area contributed by atoms with Crippen molar-refractivity contribution in [3.8, 4) is 17.2 Å². The summed E-state index contributed by atoms with van der Waals surface area (Å²) in [6.45, 7) is 0. The van der Waals surface area contributed by atoms with E-state index in [1.165, 1.54) is 0 Å². The number of ether oxygens (including phenoxy) is 1. The van der Waals surface area contributed by atoms with Gasteiger partial charge in [-0.3, -0.25) is 0 Å². The summed E-state index contributed by atoms with van der Waals surface area (Å²) in [7, 11) is 0. The van der Waals surface area contributed by atoms with E-state index in [0.29, 0.717) is 5.75 Å². The van der Waals surface area contributed by atoms with Gasteiger partial charge in [-0.2, -0.15) is 0 Å². The zero-order chi connectivity index (χ0) is 5.56. The van der Waals surface area contributed by atoms with Crippen molar-refractivity contribution in [2.45, 2.75) is 0 Å². The molecule has 3 heteroatoms. The molecule has 2 rings (SSSR count). The van der Waals surface area contributed by atoms with Gasteiger partial charge >= 0.3 is 0 Å². The summed E-state index contributed by atoms with van der Waals surface area (Å²) >= 11 is 0. The van der Waals surface area contributed by atoms with E-state index >= 15 is 0 Å². The first-order valence-electron chi connectivity index (χ1n) is 2.38. The average Bonchev–Trinajstić information content (AvgIpc) is 2.45. The molecule has 0 atom stereocenters. The number of rotatable bonds is 0. The van der Waals surface area contributed by atoms with Crippen molar-refractivity contribution in [3.63, 3.8) is 0 Å². The van der Waals surface area contributed by atoms with Crippen LogP contribution >= 0.6 is 0 Å². The topological polar surface area (TPSA) is 32.8 Å². The smallest absolute Gasteiger partial charge is 0.211 e. The zero-order valence-electron chi connectivity index (χ0n) is 4.39. The minimum atomic E-state index is 0. The molecule has 0 fully saturated rings. The second-order valence-electron chi connectivity index (χ2n) is 1.71. The largest absolute Gasteiger partial charge is 0.504 e. The van der Waals surface area contributed by atoms with Gasteiger partial charge in [-0.15, -0.1) is 0 Å². The van der Waals surface area contributed by atoms with Crippen LogP contribution in [-0.2, 0) is 22.4 Å². The van der Waals surface area contributed by atoms with Gasteiger partial charge in [0.1, 0.15) is 0 Å². The van der Waals surface area contributed by atoms with Gasteiger partial charge in [0.05, 0.1) is 0 Å². The molecule has 1 aromatic rings. The van der Waals surface area contributed by atoms with Crippen LogP contribution in [0.1, 0.15) is 0 Å². The van der Waals surface area contributed by atoms with Crippen molar-refractivity contribution < 1.29 is 32.2 Å². The molecule has 0 saturated carbocycles. The van der Waals surface area contributed by atoms with E-state index in [9.17, 15) is 0 Å². The molecule has 1 radical (unpaired) electrons. The van der Waals surface area contributed by atoms with Gasteiger partial charge in [-0.1, -0.05) is 6.07 Å².